The van der Waals surface area contributed by atoms with E-state index in [0.717, 1.165) is 35.6 Å². The van der Waals surface area contributed by atoms with E-state index in [1.807, 2.05) is 48.5 Å². The van der Waals surface area contributed by atoms with Gasteiger partial charge in [0.1, 0.15) is 18.2 Å². The Morgan fingerprint density at radius 1 is 0.846 bits per heavy atom. The molecule has 0 bridgehead atoms. The van der Waals surface area contributed by atoms with E-state index in [1.165, 1.54) is 5.56 Å². The lowest BCUT2D eigenvalue weighted by Crippen LogP contribution is -2.09. The van der Waals surface area contributed by atoms with Crippen LogP contribution in [-0.4, -0.2) is 9.55 Å². The number of halogens is 1. The molecule has 4 heteroatoms. The highest BCUT2D eigenvalue weighted by molar-refractivity contribution is 6.30. The second kappa shape index (κ2) is 7.63. The Morgan fingerprint density at radius 3 is 2.38 bits per heavy atom. The number of hydrogen-bond acceptors (Lipinski definition) is 2. The van der Waals surface area contributed by atoms with Gasteiger partial charge in [0.15, 0.2) is 0 Å². The molecule has 0 amide bonds. The first-order chi connectivity index (χ1) is 12.8. The molecular weight excluding hydrogens is 344 g/mol. The largest absolute Gasteiger partial charge is 0.486 e. The van der Waals surface area contributed by atoms with Crippen molar-refractivity contribution >= 4 is 22.6 Å². The summed E-state index contributed by atoms with van der Waals surface area (Å²) in [6.45, 7) is 1.29. The average Bonchev–Trinajstić information content (AvgIpc) is 3.04. The highest BCUT2D eigenvalue weighted by Crippen LogP contribution is 2.20. The Bertz CT molecular complexity index is 994. The lowest BCUT2D eigenvalue weighted by molar-refractivity contribution is 0.290. The molecule has 0 atom stereocenters. The second-order valence-corrected chi connectivity index (χ2v) is 6.58. The molecule has 0 N–H and O–H groups in total. The standard InChI is InChI=1S/C22H19ClN2O/c23-18-10-12-19(13-11-18)26-16-22-24-20-8-4-5-9-21(20)25(22)15-14-17-6-2-1-3-7-17/h1-13H,14-16H2. The monoisotopic (exact) mass is 362 g/mol. The fourth-order valence-corrected chi connectivity index (χ4v) is 3.18. The van der Waals surface area contributed by atoms with E-state index in [2.05, 4.69) is 34.9 Å². The summed E-state index contributed by atoms with van der Waals surface area (Å²) in [5, 5.41) is 0.701. The summed E-state index contributed by atoms with van der Waals surface area (Å²) in [7, 11) is 0. The van der Waals surface area contributed by atoms with E-state index < -0.39 is 0 Å². The number of benzene rings is 3. The van der Waals surface area contributed by atoms with Gasteiger partial charge < -0.3 is 9.30 Å². The van der Waals surface area contributed by atoms with Crippen LogP contribution in [0.2, 0.25) is 5.02 Å². The molecule has 130 valence electrons. The predicted octanol–water partition coefficient (Wildman–Crippen LogP) is 5.51. The Hall–Kier alpha value is -2.78. The van der Waals surface area contributed by atoms with Crippen LogP contribution in [0.3, 0.4) is 0 Å². The fourth-order valence-electron chi connectivity index (χ4n) is 3.05. The summed E-state index contributed by atoms with van der Waals surface area (Å²) >= 11 is 5.93. The van der Waals surface area contributed by atoms with Crippen molar-refractivity contribution in [3.8, 4) is 5.75 Å². The van der Waals surface area contributed by atoms with Crippen LogP contribution >= 0.6 is 11.6 Å². The molecule has 0 aliphatic carbocycles. The third-order valence-corrected chi connectivity index (χ3v) is 4.63. The molecule has 1 aromatic heterocycles. The molecule has 3 nitrogen and oxygen atoms in total. The van der Waals surface area contributed by atoms with E-state index >= 15 is 0 Å². The van der Waals surface area contributed by atoms with E-state index in [9.17, 15) is 0 Å². The van der Waals surface area contributed by atoms with Crippen LogP contribution < -0.4 is 4.74 Å². The SMILES string of the molecule is Clc1ccc(OCc2nc3ccccc3n2CCc2ccccc2)cc1. The molecular formula is C22H19ClN2O. The molecule has 0 saturated carbocycles. The van der Waals surface area contributed by atoms with Crippen LogP contribution in [-0.2, 0) is 19.6 Å². The summed E-state index contributed by atoms with van der Waals surface area (Å²) in [6.07, 6.45) is 0.954. The molecule has 0 aliphatic heterocycles. The lowest BCUT2D eigenvalue weighted by Gasteiger charge is -2.11. The van der Waals surface area contributed by atoms with Gasteiger partial charge in [0.2, 0.25) is 0 Å². The highest BCUT2D eigenvalue weighted by atomic mass is 35.5. The number of imidazole rings is 1. The molecule has 0 fully saturated rings. The minimum Gasteiger partial charge on any atom is -0.486 e. The quantitative estimate of drug-likeness (QED) is 0.452. The molecule has 0 aliphatic rings. The fraction of sp³-hybridized carbons (Fsp3) is 0.136. The Kier molecular flexibility index (Phi) is 4.89. The summed E-state index contributed by atoms with van der Waals surface area (Å²) < 4.78 is 8.18. The lowest BCUT2D eigenvalue weighted by atomic mass is 10.1. The molecule has 26 heavy (non-hydrogen) atoms. The third-order valence-electron chi connectivity index (χ3n) is 4.38. The van der Waals surface area contributed by atoms with Crippen LogP contribution in [0, 0.1) is 0 Å². The van der Waals surface area contributed by atoms with Crippen molar-refractivity contribution in [2.24, 2.45) is 0 Å². The summed E-state index contributed by atoms with van der Waals surface area (Å²) in [5.74, 6) is 1.72. The summed E-state index contributed by atoms with van der Waals surface area (Å²) in [4.78, 5) is 4.77. The molecule has 1 heterocycles. The zero-order valence-corrected chi connectivity index (χ0v) is 15.1. The topological polar surface area (TPSA) is 27.1 Å². The van der Waals surface area contributed by atoms with Gasteiger partial charge in [-0.25, -0.2) is 4.98 Å². The first kappa shape index (κ1) is 16.7. The van der Waals surface area contributed by atoms with Crippen molar-refractivity contribution in [1.82, 2.24) is 9.55 Å². The molecule has 3 aromatic carbocycles. The van der Waals surface area contributed by atoms with Gasteiger partial charge in [-0.15, -0.1) is 0 Å². The predicted molar refractivity (Wildman–Crippen MR) is 106 cm³/mol. The highest BCUT2D eigenvalue weighted by Gasteiger charge is 2.11. The number of hydrogen-bond donors (Lipinski definition) is 0. The number of nitrogens with zero attached hydrogens (tertiary/aromatic N) is 2. The normalized spacial score (nSPS) is 11.0. The summed E-state index contributed by atoms with van der Waals surface area (Å²) in [5.41, 5.74) is 3.45. The zero-order valence-electron chi connectivity index (χ0n) is 14.3. The van der Waals surface area contributed by atoms with Gasteiger partial charge >= 0.3 is 0 Å². The van der Waals surface area contributed by atoms with Crippen LogP contribution in [0.5, 0.6) is 5.75 Å². The number of aromatic nitrogens is 2. The third kappa shape index (κ3) is 3.73. The van der Waals surface area contributed by atoms with E-state index in [4.69, 9.17) is 21.3 Å². The van der Waals surface area contributed by atoms with Gasteiger partial charge in [0.05, 0.1) is 11.0 Å². The van der Waals surface area contributed by atoms with Gasteiger partial charge in [-0.05, 0) is 48.4 Å². The Balaban J connectivity index is 1.57. The number of rotatable bonds is 6. The Labute approximate surface area is 157 Å². The molecule has 0 saturated heterocycles. The van der Waals surface area contributed by atoms with Crippen molar-refractivity contribution in [2.45, 2.75) is 19.6 Å². The van der Waals surface area contributed by atoms with Gasteiger partial charge in [-0.2, -0.15) is 0 Å². The second-order valence-electron chi connectivity index (χ2n) is 6.15. The molecule has 0 radical (unpaired) electrons. The van der Waals surface area contributed by atoms with Crippen molar-refractivity contribution in [3.63, 3.8) is 0 Å². The van der Waals surface area contributed by atoms with Gasteiger partial charge in [-0.3, -0.25) is 0 Å². The minimum atomic E-state index is 0.422. The van der Waals surface area contributed by atoms with Gasteiger partial charge in [-0.1, -0.05) is 54.1 Å². The van der Waals surface area contributed by atoms with Gasteiger partial charge in [0.25, 0.3) is 0 Å². The molecule has 0 spiro atoms. The van der Waals surface area contributed by atoms with Crippen molar-refractivity contribution in [3.05, 3.63) is 95.3 Å². The van der Waals surface area contributed by atoms with E-state index in [0.29, 0.717) is 11.6 Å². The maximum Gasteiger partial charge on any atom is 0.148 e. The number of para-hydroxylation sites is 2. The van der Waals surface area contributed by atoms with Crippen molar-refractivity contribution < 1.29 is 4.74 Å². The van der Waals surface area contributed by atoms with Crippen molar-refractivity contribution in [2.75, 3.05) is 0 Å². The molecule has 0 unspecified atom stereocenters. The molecule has 4 rings (SSSR count). The van der Waals surface area contributed by atoms with Crippen LogP contribution in [0.1, 0.15) is 11.4 Å². The summed E-state index contributed by atoms with van der Waals surface area (Å²) in [6, 6.07) is 26.1. The maximum absolute atomic E-state index is 5.93. The Morgan fingerprint density at radius 2 is 1.58 bits per heavy atom. The maximum atomic E-state index is 5.93. The smallest absolute Gasteiger partial charge is 0.148 e. The van der Waals surface area contributed by atoms with Crippen LogP contribution in [0.15, 0.2) is 78.9 Å². The first-order valence-electron chi connectivity index (χ1n) is 8.66. The first-order valence-corrected chi connectivity index (χ1v) is 9.04. The number of fused-ring (bicyclic) bond motifs is 1. The zero-order chi connectivity index (χ0) is 17.8. The average molecular weight is 363 g/mol. The van der Waals surface area contributed by atoms with E-state index in [1.54, 1.807) is 0 Å². The van der Waals surface area contributed by atoms with Crippen LogP contribution in [0.4, 0.5) is 0 Å². The van der Waals surface area contributed by atoms with Gasteiger partial charge in [0, 0.05) is 11.6 Å². The van der Waals surface area contributed by atoms with Crippen molar-refractivity contribution in [1.29, 1.82) is 0 Å². The number of aryl methyl sites for hydroxylation is 2. The number of ether oxygens (including phenoxy) is 1. The molecule has 4 aromatic rings. The van der Waals surface area contributed by atoms with E-state index in [-0.39, 0.29) is 0 Å². The minimum absolute atomic E-state index is 0.422. The van der Waals surface area contributed by atoms with Crippen LogP contribution in [0.25, 0.3) is 11.0 Å².